The Morgan fingerprint density at radius 1 is 1.42 bits per heavy atom. The lowest BCUT2D eigenvalue weighted by Gasteiger charge is -2.17. The van der Waals surface area contributed by atoms with Crippen LogP contribution in [0.1, 0.15) is 25.3 Å². The van der Waals surface area contributed by atoms with E-state index in [2.05, 4.69) is 24.4 Å². The molecule has 1 unspecified atom stereocenters. The third kappa shape index (κ3) is 4.24. The fraction of sp³-hybridized carbons (Fsp3) is 0.533. The van der Waals surface area contributed by atoms with Gasteiger partial charge in [0.1, 0.15) is 0 Å². The second-order valence-electron chi connectivity index (χ2n) is 4.89. The van der Waals surface area contributed by atoms with Gasteiger partial charge < -0.3 is 15.0 Å². The highest BCUT2D eigenvalue weighted by Crippen LogP contribution is 2.14. The van der Waals surface area contributed by atoms with Gasteiger partial charge in [0.2, 0.25) is 0 Å². The van der Waals surface area contributed by atoms with E-state index in [-0.39, 0.29) is 12.1 Å². The van der Waals surface area contributed by atoms with Crippen LogP contribution in [0.3, 0.4) is 0 Å². The number of benzene rings is 1. The summed E-state index contributed by atoms with van der Waals surface area (Å²) in [5.41, 5.74) is 1.18. The molecule has 1 aromatic rings. The van der Waals surface area contributed by atoms with Gasteiger partial charge in [-0.1, -0.05) is 37.3 Å². The summed E-state index contributed by atoms with van der Waals surface area (Å²) in [6, 6.07) is 10.2. The number of nitrogens with one attached hydrogen (secondary N) is 1. The zero-order valence-electron chi connectivity index (χ0n) is 11.5. The summed E-state index contributed by atoms with van der Waals surface area (Å²) >= 11 is 0. The first-order chi connectivity index (χ1) is 9.29. The highest BCUT2D eigenvalue weighted by atomic mass is 16.5. The largest absolute Gasteiger partial charge is 0.372 e. The molecule has 19 heavy (non-hydrogen) atoms. The number of hydrogen-bond donors (Lipinski definition) is 1. The van der Waals surface area contributed by atoms with E-state index < -0.39 is 0 Å². The number of carbonyl (C=O) groups excluding carboxylic acids is 1. The monoisotopic (exact) mass is 262 g/mol. The molecule has 1 heterocycles. The van der Waals surface area contributed by atoms with Crippen molar-refractivity contribution in [2.45, 2.75) is 32.5 Å². The molecular formula is C15H22N2O2. The molecule has 4 heteroatoms. The Morgan fingerprint density at radius 3 is 2.95 bits per heavy atom. The van der Waals surface area contributed by atoms with Crippen molar-refractivity contribution in [2.24, 2.45) is 0 Å². The Labute approximate surface area is 114 Å². The Hall–Kier alpha value is -1.55. The van der Waals surface area contributed by atoms with Crippen molar-refractivity contribution in [3.63, 3.8) is 0 Å². The van der Waals surface area contributed by atoms with Gasteiger partial charge in [0.05, 0.1) is 12.7 Å². The van der Waals surface area contributed by atoms with Crippen LogP contribution in [-0.2, 0) is 11.3 Å². The van der Waals surface area contributed by atoms with Gasteiger partial charge in [0.25, 0.3) is 0 Å². The average molecular weight is 262 g/mol. The maximum absolute atomic E-state index is 11.8. The summed E-state index contributed by atoms with van der Waals surface area (Å²) in [6.07, 6.45) is 2.05. The Kier molecular flexibility index (Phi) is 5.21. The van der Waals surface area contributed by atoms with Gasteiger partial charge in [-0.05, 0) is 18.4 Å². The van der Waals surface area contributed by atoms with E-state index in [1.54, 1.807) is 0 Å². The lowest BCUT2D eigenvalue weighted by atomic mass is 10.2. The fourth-order valence-corrected chi connectivity index (χ4v) is 2.18. The van der Waals surface area contributed by atoms with Crippen LogP contribution in [0.15, 0.2) is 30.3 Å². The van der Waals surface area contributed by atoms with E-state index in [0.29, 0.717) is 13.2 Å². The molecule has 1 atom stereocenters. The molecule has 1 saturated heterocycles. The minimum Gasteiger partial charge on any atom is -0.372 e. The van der Waals surface area contributed by atoms with Crippen molar-refractivity contribution in [2.75, 3.05) is 19.6 Å². The van der Waals surface area contributed by atoms with Gasteiger partial charge in [-0.2, -0.15) is 0 Å². The standard InChI is InChI=1S/C15H22N2O2/c1-2-9-16-15(18)17-10-8-14(11-17)19-12-13-6-4-3-5-7-13/h3-7,14H,2,8-12H2,1H3,(H,16,18). The van der Waals surface area contributed by atoms with Gasteiger partial charge in [0, 0.05) is 19.6 Å². The number of rotatable bonds is 5. The molecule has 0 aromatic heterocycles. The predicted octanol–water partition coefficient (Wildman–Crippen LogP) is 2.40. The smallest absolute Gasteiger partial charge is 0.317 e. The molecule has 4 nitrogen and oxygen atoms in total. The summed E-state index contributed by atoms with van der Waals surface area (Å²) in [7, 11) is 0. The molecule has 0 aliphatic carbocycles. The summed E-state index contributed by atoms with van der Waals surface area (Å²) in [6.45, 7) is 4.90. The van der Waals surface area contributed by atoms with Crippen LogP contribution in [0.5, 0.6) is 0 Å². The van der Waals surface area contributed by atoms with Gasteiger partial charge in [-0.15, -0.1) is 0 Å². The normalized spacial score (nSPS) is 18.6. The Bertz CT molecular complexity index is 394. The summed E-state index contributed by atoms with van der Waals surface area (Å²) in [5, 5.41) is 2.90. The molecule has 1 aliphatic heterocycles. The Morgan fingerprint density at radius 2 is 2.21 bits per heavy atom. The minimum atomic E-state index is 0.0349. The van der Waals surface area contributed by atoms with E-state index in [1.165, 1.54) is 5.56 Å². The van der Waals surface area contributed by atoms with Gasteiger partial charge in [-0.3, -0.25) is 0 Å². The SMILES string of the molecule is CCCNC(=O)N1CCC(OCc2ccccc2)C1. The van der Waals surface area contributed by atoms with Crippen molar-refractivity contribution in [3.05, 3.63) is 35.9 Å². The molecule has 1 aromatic carbocycles. The number of carbonyl (C=O) groups is 1. The van der Waals surface area contributed by atoms with E-state index >= 15 is 0 Å². The highest BCUT2D eigenvalue weighted by molar-refractivity contribution is 5.74. The van der Waals surface area contributed by atoms with Crippen LogP contribution >= 0.6 is 0 Å². The molecule has 0 bridgehead atoms. The molecule has 1 fully saturated rings. The minimum absolute atomic E-state index is 0.0349. The molecule has 2 amide bonds. The molecule has 1 N–H and O–H groups in total. The number of urea groups is 1. The zero-order chi connectivity index (χ0) is 13.5. The lowest BCUT2D eigenvalue weighted by Crippen LogP contribution is -2.39. The molecule has 0 saturated carbocycles. The predicted molar refractivity (Wildman–Crippen MR) is 74.9 cm³/mol. The number of amides is 2. The first-order valence-electron chi connectivity index (χ1n) is 6.98. The van der Waals surface area contributed by atoms with E-state index in [1.807, 2.05) is 23.1 Å². The number of hydrogen-bond acceptors (Lipinski definition) is 2. The first-order valence-corrected chi connectivity index (χ1v) is 6.98. The van der Waals surface area contributed by atoms with E-state index in [0.717, 1.165) is 25.9 Å². The fourth-order valence-electron chi connectivity index (χ4n) is 2.18. The molecule has 0 radical (unpaired) electrons. The van der Waals surface area contributed by atoms with Crippen molar-refractivity contribution in [3.8, 4) is 0 Å². The third-order valence-corrected chi connectivity index (χ3v) is 3.29. The molecule has 104 valence electrons. The van der Waals surface area contributed by atoms with E-state index in [9.17, 15) is 4.79 Å². The molecule has 1 aliphatic rings. The average Bonchev–Trinajstić information content (AvgIpc) is 2.92. The van der Waals surface area contributed by atoms with Crippen LogP contribution in [0.25, 0.3) is 0 Å². The number of nitrogens with zero attached hydrogens (tertiary/aromatic N) is 1. The van der Waals surface area contributed by atoms with Crippen molar-refractivity contribution in [1.82, 2.24) is 10.2 Å². The van der Waals surface area contributed by atoms with Crippen LogP contribution in [-0.4, -0.2) is 36.7 Å². The molecule has 2 rings (SSSR count). The van der Waals surface area contributed by atoms with Crippen LogP contribution in [0.4, 0.5) is 4.79 Å². The second-order valence-corrected chi connectivity index (χ2v) is 4.89. The third-order valence-electron chi connectivity index (χ3n) is 3.29. The number of ether oxygens (including phenoxy) is 1. The zero-order valence-corrected chi connectivity index (χ0v) is 11.5. The van der Waals surface area contributed by atoms with E-state index in [4.69, 9.17) is 4.74 Å². The molecule has 0 spiro atoms. The van der Waals surface area contributed by atoms with Crippen molar-refractivity contribution < 1.29 is 9.53 Å². The van der Waals surface area contributed by atoms with Crippen LogP contribution < -0.4 is 5.32 Å². The maximum atomic E-state index is 11.8. The topological polar surface area (TPSA) is 41.6 Å². The van der Waals surface area contributed by atoms with Crippen LogP contribution in [0, 0.1) is 0 Å². The lowest BCUT2D eigenvalue weighted by molar-refractivity contribution is 0.0487. The highest BCUT2D eigenvalue weighted by Gasteiger charge is 2.26. The summed E-state index contributed by atoms with van der Waals surface area (Å²) < 4.78 is 5.85. The van der Waals surface area contributed by atoms with Crippen molar-refractivity contribution >= 4 is 6.03 Å². The quantitative estimate of drug-likeness (QED) is 0.885. The van der Waals surface area contributed by atoms with Crippen LogP contribution in [0.2, 0.25) is 0 Å². The molecular weight excluding hydrogens is 240 g/mol. The van der Waals surface area contributed by atoms with Crippen molar-refractivity contribution in [1.29, 1.82) is 0 Å². The maximum Gasteiger partial charge on any atom is 0.317 e. The van der Waals surface area contributed by atoms with Gasteiger partial charge >= 0.3 is 6.03 Å². The number of likely N-dealkylation sites (tertiary alicyclic amines) is 1. The Balaban J connectivity index is 1.71. The van der Waals surface area contributed by atoms with Gasteiger partial charge in [-0.25, -0.2) is 4.79 Å². The second kappa shape index (κ2) is 7.14. The van der Waals surface area contributed by atoms with Gasteiger partial charge in [0.15, 0.2) is 0 Å². The summed E-state index contributed by atoms with van der Waals surface area (Å²) in [4.78, 5) is 13.6. The summed E-state index contributed by atoms with van der Waals surface area (Å²) in [5.74, 6) is 0. The first kappa shape index (κ1) is 13.9.